The number of likely N-dealkylation sites (tertiary alicyclic amines) is 1. The van der Waals surface area contributed by atoms with E-state index in [0.717, 1.165) is 74.0 Å². The molecule has 0 bridgehead atoms. The third-order valence-corrected chi connectivity index (χ3v) is 9.21. The van der Waals surface area contributed by atoms with Crippen LogP contribution in [0.15, 0.2) is 84.9 Å². The van der Waals surface area contributed by atoms with Crippen LogP contribution in [0, 0.1) is 5.92 Å². The molecule has 1 saturated heterocycles. The number of carbonyl (C=O) groups excluding carboxylic acids is 1. The molecule has 226 valence electrons. The molecule has 1 aliphatic heterocycles. The molecule has 4 rings (SSSR count). The van der Waals surface area contributed by atoms with E-state index >= 15 is 0 Å². The predicted octanol–water partition coefficient (Wildman–Crippen LogP) is 5.74. The van der Waals surface area contributed by atoms with Crippen LogP contribution in [0.2, 0.25) is 0 Å². The first-order valence-corrected chi connectivity index (χ1v) is 15.4. The van der Waals surface area contributed by atoms with E-state index in [-0.39, 0.29) is 12.5 Å². The topological polar surface area (TPSA) is 90.2 Å². The van der Waals surface area contributed by atoms with Gasteiger partial charge in [0.15, 0.2) is 0 Å². The van der Waals surface area contributed by atoms with E-state index in [0.29, 0.717) is 12.8 Å². The maximum Gasteiger partial charge on any atom is 0.318 e. The van der Waals surface area contributed by atoms with Gasteiger partial charge in [-0.05, 0) is 79.9 Å². The first-order valence-electron chi connectivity index (χ1n) is 15.4. The van der Waals surface area contributed by atoms with E-state index in [1.165, 1.54) is 7.11 Å². The van der Waals surface area contributed by atoms with Gasteiger partial charge < -0.3 is 25.0 Å². The molecule has 6 nitrogen and oxygen atoms in total. The van der Waals surface area contributed by atoms with Crippen molar-refractivity contribution in [2.75, 3.05) is 33.4 Å². The van der Waals surface area contributed by atoms with Crippen LogP contribution in [0.25, 0.3) is 0 Å². The molecular formula is C36H47NO5. The van der Waals surface area contributed by atoms with Gasteiger partial charge in [0.1, 0.15) is 11.0 Å². The fourth-order valence-corrected chi connectivity index (χ4v) is 6.57. The second-order valence-electron chi connectivity index (χ2n) is 11.7. The number of aliphatic hydroxyl groups is 3. The minimum absolute atomic E-state index is 0.121. The van der Waals surface area contributed by atoms with Crippen LogP contribution in [0.5, 0.6) is 0 Å². The molecule has 3 N–H and O–H groups in total. The van der Waals surface area contributed by atoms with Crippen molar-refractivity contribution in [3.63, 3.8) is 0 Å². The molecule has 1 fully saturated rings. The standard InChI is InChI=1S/C36H47NO5/c1-3-4-23-35(27-38,34(40)42-2)29-19-17-28(18-20-29)33(39)16-11-24-37-25-21-32(22-26-37)36(41,30-12-7-5-8-13-30)31-14-9-6-10-15-31/h5-10,12-15,17-20,32-33,38-39,41H,3-4,11,16,21-27H2,1-2H3. The molecule has 0 saturated carbocycles. The zero-order valence-electron chi connectivity index (χ0n) is 25.1. The molecule has 0 spiro atoms. The third kappa shape index (κ3) is 6.95. The van der Waals surface area contributed by atoms with Crippen LogP contribution in [0.4, 0.5) is 0 Å². The Morgan fingerprint density at radius 1 is 0.905 bits per heavy atom. The lowest BCUT2D eigenvalue weighted by Crippen LogP contribution is -2.44. The maximum atomic E-state index is 12.7. The second-order valence-corrected chi connectivity index (χ2v) is 11.7. The van der Waals surface area contributed by atoms with Crippen molar-refractivity contribution >= 4 is 5.97 Å². The number of piperidine rings is 1. The first-order chi connectivity index (χ1) is 20.4. The number of benzene rings is 3. The Hall–Kier alpha value is -3.03. The van der Waals surface area contributed by atoms with Crippen LogP contribution in [0.1, 0.15) is 80.2 Å². The van der Waals surface area contributed by atoms with E-state index in [1.807, 2.05) is 84.9 Å². The minimum Gasteiger partial charge on any atom is -0.468 e. The first kappa shape index (κ1) is 31.9. The smallest absolute Gasteiger partial charge is 0.318 e. The number of ether oxygens (including phenoxy) is 1. The zero-order valence-corrected chi connectivity index (χ0v) is 25.1. The van der Waals surface area contributed by atoms with Gasteiger partial charge in [0.05, 0.1) is 19.8 Å². The fraction of sp³-hybridized carbons (Fsp3) is 0.472. The molecule has 0 amide bonds. The number of hydrogen-bond donors (Lipinski definition) is 3. The Balaban J connectivity index is 1.32. The zero-order chi connectivity index (χ0) is 30.0. The molecule has 1 heterocycles. The molecule has 0 aliphatic carbocycles. The lowest BCUT2D eigenvalue weighted by molar-refractivity contribution is -0.149. The summed E-state index contributed by atoms with van der Waals surface area (Å²) in [6.45, 7) is 4.45. The average molecular weight is 574 g/mol. The molecule has 6 heteroatoms. The van der Waals surface area contributed by atoms with Gasteiger partial charge in [-0.15, -0.1) is 0 Å². The predicted molar refractivity (Wildman–Crippen MR) is 166 cm³/mol. The number of aliphatic hydroxyl groups excluding tert-OH is 2. The van der Waals surface area contributed by atoms with Gasteiger partial charge in [0, 0.05) is 0 Å². The fourth-order valence-electron chi connectivity index (χ4n) is 6.57. The quantitative estimate of drug-likeness (QED) is 0.213. The van der Waals surface area contributed by atoms with Gasteiger partial charge in [0.25, 0.3) is 0 Å². The molecular weight excluding hydrogens is 526 g/mol. The summed E-state index contributed by atoms with van der Waals surface area (Å²) in [5, 5.41) is 33.2. The van der Waals surface area contributed by atoms with Crippen molar-refractivity contribution in [2.24, 2.45) is 5.92 Å². The Morgan fingerprint density at radius 2 is 1.48 bits per heavy atom. The number of nitrogens with zero attached hydrogens (tertiary/aromatic N) is 1. The highest BCUT2D eigenvalue weighted by molar-refractivity contribution is 5.83. The van der Waals surface area contributed by atoms with Gasteiger partial charge in [-0.25, -0.2) is 0 Å². The summed E-state index contributed by atoms with van der Waals surface area (Å²) >= 11 is 0. The van der Waals surface area contributed by atoms with Crippen molar-refractivity contribution < 1.29 is 24.9 Å². The normalized spacial score (nSPS) is 17.0. The number of methoxy groups -OCH3 is 1. The lowest BCUT2D eigenvalue weighted by atomic mass is 9.72. The monoisotopic (exact) mass is 573 g/mol. The van der Waals surface area contributed by atoms with E-state index in [4.69, 9.17) is 4.74 Å². The minimum atomic E-state index is -1.08. The van der Waals surface area contributed by atoms with Gasteiger partial charge >= 0.3 is 5.97 Å². The van der Waals surface area contributed by atoms with Gasteiger partial charge in [-0.2, -0.15) is 0 Å². The lowest BCUT2D eigenvalue weighted by Gasteiger charge is -2.42. The number of esters is 1. The molecule has 2 atom stereocenters. The average Bonchev–Trinajstić information content (AvgIpc) is 3.06. The summed E-state index contributed by atoms with van der Waals surface area (Å²) < 4.78 is 5.05. The SMILES string of the molecule is CCCCC(CO)(C(=O)OC)c1ccc(C(O)CCCN2CCC(C(O)(c3ccccc3)c3ccccc3)CC2)cc1. The highest BCUT2D eigenvalue weighted by Gasteiger charge is 2.42. The molecule has 0 radical (unpaired) electrons. The molecule has 3 aromatic rings. The number of hydrogen-bond acceptors (Lipinski definition) is 6. The second kappa shape index (κ2) is 14.9. The summed E-state index contributed by atoms with van der Waals surface area (Å²) in [6, 6.07) is 27.4. The van der Waals surface area contributed by atoms with Crippen molar-refractivity contribution in [2.45, 2.75) is 69.0 Å². The maximum absolute atomic E-state index is 12.7. The van der Waals surface area contributed by atoms with Gasteiger partial charge in [-0.3, -0.25) is 4.79 Å². The summed E-state index contributed by atoms with van der Waals surface area (Å²) in [7, 11) is 1.35. The van der Waals surface area contributed by atoms with Crippen molar-refractivity contribution in [3.05, 3.63) is 107 Å². The van der Waals surface area contributed by atoms with Crippen LogP contribution >= 0.6 is 0 Å². The highest BCUT2D eigenvalue weighted by Crippen LogP contribution is 2.42. The Kier molecular flexibility index (Phi) is 11.3. The number of carbonyl (C=O) groups is 1. The van der Waals surface area contributed by atoms with E-state index < -0.39 is 23.1 Å². The molecule has 0 aromatic heterocycles. The van der Waals surface area contributed by atoms with Crippen LogP contribution in [-0.4, -0.2) is 59.5 Å². The number of unbranched alkanes of at least 4 members (excludes halogenated alkanes) is 1. The Morgan fingerprint density at radius 3 is 1.98 bits per heavy atom. The molecule has 1 aliphatic rings. The summed E-state index contributed by atoms with van der Waals surface area (Å²) in [4.78, 5) is 15.1. The molecule has 42 heavy (non-hydrogen) atoms. The summed E-state index contributed by atoms with van der Waals surface area (Å²) in [5.41, 5.74) is 1.31. The Labute approximate surface area is 251 Å². The Bertz CT molecular complexity index is 1190. The highest BCUT2D eigenvalue weighted by atomic mass is 16.5. The summed E-state index contributed by atoms with van der Waals surface area (Å²) in [6.07, 6.45) is 4.91. The van der Waals surface area contributed by atoms with Crippen molar-refractivity contribution in [1.82, 2.24) is 4.90 Å². The number of rotatable bonds is 14. The van der Waals surface area contributed by atoms with Crippen LogP contribution < -0.4 is 0 Å². The van der Waals surface area contributed by atoms with Crippen molar-refractivity contribution in [1.29, 1.82) is 0 Å². The summed E-state index contributed by atoms with van der Waals surface area (Å²) in [5.74, 6) is -0.308. The van der Waals surface area contributed by atoms with Crippen molar-refractivity contribution in [3.8, 4) is 0 Å². The van der Waals surface area contributed by atoms with Gasteiger partial charge in [-0.1, -0.05) is 105 Å². The van der Waals surface area contributed by atoms with E-state index in [1.54, 1.807) is 0 Å². The molecule has 3 aromatic carbocycles. The van der Waals surface area contributed by atoms with Gasteiger partial charge in [0.2, 0.25) is 0 Å². The van der Waals surface area contributed by atoms with Crippen LogP contribution in [-0.2, 0) is 20.5 Å². The van der Waals surface area contributed by atoms with E-state index in [2.05, 4.69) is 11.8 Å². The third-order valence-electron chi connectivity index (χ3n) is 9.21. The molecule has 2 unspecified atom stereocenters. The van der Waals surface area contributed by atoms with Crippen LogP contribution in [0.3, 0.4) is 0 Å². The van der Waals surface area contributed by atoms with E-state index in [9.17, 15) is 20.1 Å². The largest absolute Gasteiger partial charge is 0.468 e.